The molecular weight excluding hydrogens is 210 g/mol. The summed E-state index contributed by atoms with van der Waals surface area (Å²) in [6.45, 7) is 0.642. The number of hydrogen-bond donors (Lipinski definition) is 1. The molecule has 2 heterocycles. The van der Waals surface area contributed by atoms with E-state index in [4.69, 9.17) is 5.73 Å². The van der Waals surface area contributed by atoms with Crippen molar-refractivity contribution in [1.29, 1.82) is 0 Å². The Hall–Kier alpha value is -0.820. The Bertz CT molecular complexity index is 327. The van der Waals surface area contributed by atoms with E-state index in [1.807, 2.05) is 0 Å². The van der Waals surface area contributed by atoms with Crippen LogP contribution in [0.5, 0.6) is 0 Å². The highest BCUT2D eigenvalue weighted by Gasteiger charge is 2.38. The molecule has 78 valence electrons. The van der Waals surface area contributed by atoms with Gasteiger partial charge in [-0.3, -0.25) is 4.90 Å². The highest BCUT2D eigenvalue weighted by atomic mass is 32.1. The average molecular weight is 220 g/mol. The second kappa shape index (κ2) is 3.39. The van der Waals surface area contributed by atoms with Gasteiger partial charge in [0, 0.05) is 13.0 Å². The number of nitrogens with zero attached hydrogens (tertiary/aromatic N) is 3. The summed E-state index contributed by atoms with van der Waals surface area (Å²) in [5.74, 6) is -2.55. The molecule has 1 saturated heterocycles. The number of halogens is 2. The third-order valence-corrected chi connectivity index (χ3v) is 2.83. The lowest BCUT2D eigenvalue weighted by Gasteiger charge is -2.12. The minimum absolute atomic E-state index is 0.0682. The molecule has 4 nitrogen and oxygen atoms in total. The van der Waals surface area contributed by atoms with Crippen LogP contribution in [0.2, 0.25) is 0 Å². The Morgan fingerprint density at radius 2 is 2.29 bits per heavy atom. The third-order valence-electron chi connectivity index (χ3n) is 2.09. The maximum atomic E-state index is 12.8. The molecule has 7 heteroatoms. The number of alkyl halides is 2. The smallest absolute Gasteiger partial charge is 0.261 e. The van der Waals surface area contributed by atoms with Crippen molar-refractivity contribution < 1.29 is 8.78 Å². The van der Waals surface area contributed by atoms with Gasteiger partial charge in [0.2, 0.25) is 5.13 Å². The zero-order chi connectivity index (χ0) is 10.2. The zero-order valence-corrected chi connectivity index (χ0v) is 8.23. The number of rotatable bonds is 2. The van der Waals surface area contributed by atoms with Gasteiger partial charge in [0.1, 0.15) is 5.01 Å². The summed E-state index contributed by atoms with van der Waals surface area (Å²) in [6.07, 6.45) is -0.0682. The predicted octanol–water partition coefficient (Wildman–Crippen LogP) is 0.961. The van der Waals surface area contributed by atoms with Crippen LogP contribution in [0.25, 0.3) is 0 Å². The van der Waals surface area contributed by atoms with Crippen molar-refractivity contribution in [3.63, 3.8) is 0 Å². The van der Waals surface area contributed by atoms with E-state index in [0.29, 0.717) is 23.2 Å². The summed E-state index contributed by atoms with van der Waals surface area (Å²) in [5, 5.41) is 8.49. The van der Waals surface area contributed by atoms with E-state index in [-0.39, 0.29) is 13.0 Å². The number of aromatic nitrogens is 2. The maximum Gasteiger partial charge on any atom is 0.261 e. The summed E-state index contributed by atoms with van der Waals surface area (Å²) in [5.41, 5.74) is 5.38. The summed E-state index contributed by atoms with van der Waals surface area (Å²) < 4.78 is 25.6. The first-order chi connectivity index (χ1) is 6.55. The van der Waals surface area contributed by atoms with Crippen molar-refractivity contribution in [2.45, 2.75) is 18.9 Å². The molecule has 1 aromatic rings. The minimum atomic E-state index is -2.55. The molecule has 1 aliphatic heterocycles. The van der Waals surface area contributed by atoms with E-state index in [1.165, 1.54) is 11.3 Å². The quantitative estimate of drug-likeness (QED) is 0.806. The van der Waals surface area contributed by atoms with Gasteiger partial charge >= 0.3 is 0 Å². The standard InChI is InChI=1S/C7H10F2N4S/c8-7(9)1-2-13(4-7)3-5-11-12-6(10)14-5/h1-4H2,(H2,10,12). The molecule has 0 spiro atoms. The van der Waals surface area contributed by atoms with Gasteiger partial charge in [0.25, 0.3) is 5.92 Å². The molecule has 0 atom stereocenters. The van der Waals surface area contributed by atoms with Gasteiger partial charge in [-0.25, -0.2) is 8.78 Å². The predicted molar refractivity (Wildman–Crippen MR) is 49.2 cm³/mol. The van der Waals surface area contributed by atoms with Crippen LogP contribution in [0.15, 0.2) is 0 Å². The van der Waals surface area contributed by atoms with E-state index in [9.17, 15) is 8.78 Å². The molecule has 1 aliphatic rings. The fourth-order valence-corrected chi connectivity index (χ4v) is 2.12. The van der Waals surface area contributed by atoms with Crippen molar-refractivity contribution in [1.82, 2.24) is 15.1 Å². The molecule has 14 heavy (non-hydrogen) atoms. The number of nitrogen functional groups attached to an aromatic ring is 1. The molecule has 0 unspecified atom stereocenters. The van der Waals surface area contributed by atoms with E-state index >= 15 is 0 Å². The highest BCUT2D eigenvalue weighted by molar-refractivity contribution is 7.15. The lowest BCUT2D eigenvalue weighted by atomic mass is 10.3. The Morgan fingerprint density at radius 1 is 1.50 bits per heavy atom. The number of anilines is 1. The number of nitrogens with two attached hydrogens (primary N) is 1. The zero-order valence-electron chi connectivity index (χ0n) is 7.41. The van der Waals surface area contributed by atoms with Gasteiger partial charge < -0.3 is 5.73 Å². The maximum absolute atomic E-state index is 12.8. The summed E-state index contributed by atoms with van der Waals surface area (Å²) in [6, 6.07) is 0. The fourth-order valence-electron chi connectivity index (χ4n) is 1.46. The van der Waals surface area contributed by atoms with Crippen molar-refractivity contribution in [3.8, 4) is 0 Å². The summed E-state index contributed by atoms with van der Waals surface area (Å²) in [4.78, 5) is 1.67. The molecule has 0 saturated carbocycles. The van der Waals surface area contributed by atoms with Crippen LogP contribution in [-0.2, 0) is 6.54 Å². The second-order valence-corrected chi connectivity index (χ2v) is 4.44. The second-order valence-electron chi connectivity index (χ2n) is 3.35. The van der Waals surface area contributed by atoms with Gasteiger partial charge in [0.05, 0.1) is 13.1 Å². The Balaban J connectivity index is 1.94. The molecule has 0 aromatic carbocycles. The van der Waals surface area contributed by atoms with E-state index in [0.717, 1.165) is 0 Å². The van der Waals surface area contributed by atoms with Crippen LogP contribution in [-0.4, -0.2) is 34.1 Å². The van der Waals surface area contributed by atoms with E-state index in [1.54, 1.807) is 4.90 Å². The first-order valence-electron chi connectivity index (χ1n) is 4.23. The van der Waals surface area contributed by atoms with Gasteiger partial charge in [-0.1, -0.05) is 11.3 Å². The van der Waals surface area contributed by atoms with Crippen LogP contribution in [0.3, 0.4) is 0 Å². The molecule has 0 amide bonds. The average Bonchev–Trinajstić information content (AvgIpc) is 2.59. The van der Waals surface area contributed by atoms with Crippen LogP contribution < -0.4 is 5.73 Å². The number of likely N-dealkylation sites (tertiary alicyclic amines) is 1. The molecule has 2 rings (SSSR count). The van der Waals surface area contributed by atoms with Crippen LogP contribution in [0.4, 0.5) is 13.9 Å². The normalized spacial score (nSPS) is 21.6. The molecule has 1 fully saturated rings. The van der Waals surface area contributed by atoms with Gasteiger partial charge in [-0.2, -0.15) is 0 Å². The molecular formula is C7H10F2N4S. The largest absolute Gasteiger partial charge is 0.374 e. The Morgan fingerprint density at radius 3 is 2.79 bits per heavy atom. The molecule has 0 bridgehead atoms. The van der Waals surface area contributed by atoms with Crippen molar-refractivity contribution in [3.05, 3.63) is 5.01 Å². The minimum Gasteiger partial charge on any atom is -0.374 e. The lowest BCUT2D eigenvalue weighted by Crippen LogP contribution is -2.24. The summed E-state index contributed by atoms with van der Waals surface area (Å²) >= 11 is 1.24. The molecule has 0 aliphatic carbocycles. The fraction of sp³-hybridized carbons (Fsp3) is 0.714. The topological polar surface area (TPSA) is 55.0 Å². The van der Waals surface area contributed by atoms with Gasteiger partial charge in [-0.15, -0.1) is 10.2 Å². The third kappa shape index (κ3) is 2.16. The van der Waals surface area contributed by atoms with Crippen LogP contribution in [0, 0.1) is 0 Å². The first-order valence-corrected chi connectivity index (χ1v) is 5.05. The summed E-state index contributed by atoms with van der Waals surface area (Å²) in [7, 11) is 0. The van der Waals surface area contributed by atoms with E-state index in [2.05, 4.69) is 10.2 Å². The van der Waals surface area contributed by atoms with E-state index < -0.39 is 5.92 Å². The lowest BCUT2D eigenvalue weighted by molar-refractivity contribution is 0.0115. The van der Waals surface area contributed by atoms with Gasteiger partial charge in [0.15, 0.2) is 0 Å². The SMILES string of the molecule is Nc1nnc(CN2CCC(F)(F)C2)s1. The van der Waals surface area contributed by atoms with Gasteiger partial charge in [-0.05, 0) is 0 Å². The highest BCUT2D eigenvalue weighted by Crippen LogP contribution is 2.28. The number of hydrogen-bond acceptors (Lipinski definition) is 5. The molecule has 0 radical (unpaired) electrons. The van der Waals surface area contributed by atoms with Crippen LogP contribution >= 0.6 is 11.3 Å². The molecule has 1 aromatic heterocycles. The van der Waals surface area contributed by atoms with Crippen molar-refractivity contribution in [2.75, 3.05) is 18.8 Å². The van der Waals surface area contributed by atoms with Crippen molar-refractivity contribution >= 4 is 16.5 Å². The Kier molecular flexibility index (Phi) is 2.36. The Labute approximate surface area is 83.7 Å². The van der Waals surface area contributed by atoms with Crippen LogP contribution in [0.1, 0.15) is 11.4 Å². The first kappa shape index (κ1) is 9.72. The van der Waals surface area contributed by atoms with Crippen molar-refractivity contribution in [2.24, 2.45) is 0 Å². The molecule has 2 N–H and O–H groups in total. The monoisotopic (exact) mass is 220 g/mol.